The number of carbonyl (C=O) groups is 2. The lowest BCUT2D eigenvalue weighted by Gasteiger charge is -2.30. The lowest BCUT2D eigenvalue weighted by atomic mass is 9.93. The molecule has 1 amide bonds. The zero-order valence-corrected chi connectivity index (χ0v) is 10.9. The number of fused-ring (bicyclic) bond motifs is 1. The van der Waals surface area contributed by atoms with E-state index in [1.807, 2.05) is 18.2 Å². The molecule has 102 valence electrons. The Labute approximate surface area is 112 Å². The van der Waals surface area contributed by atoms with E-state index in [1.54, 1.807) is 11.9 Å². The Kier molecular flexibility index (Phi) is 3.85. The van der Waals surface area contributed by atoms with Gasteiger partial charge in [0.05, 0.1) is 5.69 Å². The fraction of sp³-hybridized carbons (Fsp3) is 0.429. The van der Waals surface area contributed by atoms with Crippen molar-refractivity contribution in [2.75, 3.05) is 11.9 Å². The van der Waals surface area contributed by atoms with Crippen LogP contribution in [0.1, 0.15) is 36.4 Å². The molecule has 0 bridgehead atoms. The van der Waals surface area contributed by atoms with Crippen molar-refractivity contribution in [1.82, 2.24) is 0 Å². The highest BCUT2D eigenvalue weighted by atomic mass is 16.4. The van der Waals surface area contributed by atoms with Gasteiger partial charge in [0.2, 0.25) is 5.91 Å². The number of hydrogen-bond donors (Lipinski definition) is 2. The molecule has 5 heteroatoms. The Morgan fingerprint density at radius 3 is 2.89 bits per heavy atom. The number of amides is 1. The maximum absolute atomic E-state index is 11.8. The van der Waals surface area contributed by atoms with E-state index in [1.165, 1.54) is 0 Å². The summed E-state index contributed by atoms with van der Waals surface area (Å²) >= 11 is 0. The monoisotopic (exact) mass is 262 g/mol. The second kappa shape index (κ2) is 5.40. The predicted molar refractivity (Wildman–Crippen MR) is 72.0 cm³/mol. The molecule has 0 fully saturated rings. The number of carbonyl (C=O) groups excluding carboxylic acids is 1. The first-order valence-corrected chi connectivity index (χ1v) is 6.36. The van der Waals surface area contributed by atoms with Crippen molar-refractivity contribution in [3.8, 4) is 0 Å². The highest BCUT2D eigenvalue weighted by molar-refractivity contribution is 5.96. The molecule has 3 N–H and O–H groups in total. The fourth-order valence-electron chi connectivity index (χ4n) is 2.49. The minimum atomic E-state index is -0.857. The second-order valence-electron chi connectivity index (χ2n) is 4.85. The van der Waals surface area contributed by atoms with Crippen molar-refractivity contribution in [3.05, 3.63) is 29.3 Å². The largest absolute Gasteiger partial charge is 0.481 e. The molecule has 1 unspecified atom stereocenters. The smallest absolute Gasteiger partial charge is 0.303 e. The van der Waals surface area contributed by atoms with Gasteiger partial charge in [0.1, 0.15) is 0 Å². The van der Waals surface area contributed by atoms with E-state index in [0.29, 0.717) is 12.8 Å². The second-order valence-corrected chi connectivity index (χ2v) is 4.85. The lowest BCUT2D eigenvalue weighted by Crippen LogP contribution is -2.33. The number of nitrogens with zero attached hydrogens (tertiary/aromatic N) is 1. The standard InChI is InChI=1S/C14H18N2O3/c1-16-12(17)7-5-9-3-2-4-10(14(9)16)11(15)6-8-13(18)19/h2-4,11H,5-8,15H2,1H3,(H,18,19). The SMILES string of the molecule is CN1C(=O)CCc2cccc(C(N)CCC(=O)O)c21. The Morgan fingerprint density at radius 1 is 1.47 bits per heavy atom. The molecule has 1 aromatic carbocycles. The highest BCUT2D eigenvalue weighted by Crippen LogP contribution is 2.34. The number of anilines is 1. The molecule has 1 heterocycles. The predicted octanol–water partition coefficient (Wildman–Crippen LogP) is 1.46. The first-order chi connectivity index (χ1) is 9.00. The summed E-state index contributed by atoms with van der Waals surface area (Å²) in [7, 11) is 1.74. The molecule has 1 aliphatic rings. The van der Waals surface area contributed by atoms with Crippen molar-refractivity contribution in [1.29, 1.82) is 0 Å². The molecule has 0 aromatic heterocycles. The zero-order chi connectivity index (χ0) is 14.0. The van der Waals surface area contributed by atoms with Crippen LogP contribution in [-0.2, 0) is 16.0 Å². The van der Waals surface area contributed by atoms with Crippen molar-refractivity contribution >= 4 is 17.6 Å². The van der Waals surface area contributed by atoms with Crippen LogP contribution in [-0.4, -0.2) is 24.0 Å². The van der Waals surface area contributed by atoms with E-state index in [2.05, 4.69) is 0 Å². The van der Waals surface area contributed by atoms with Gasteiger partial charge in [-0.05, 0) is 24.0 Å². The van der Waals surface area contributed by atoms with Crippen LogP contribution in [0.15, 0.2) is 18.2 Å². The quantitative estimate of drug-likeness (QED) is 0.860. The number of aliphatic carboxylic acids is 1. The van der Waals surface area contributed by atoms with Crippen LogP contribution in [0.2, 0.25) is 0 Å². The number of benzene rings is 1. The molecular weight excluding hydrogens is 244 g/mol. The fourth-order valence-corrected chi connectivity index (χ4v) is 2.49. The lowest BCUT2D eigenvalue weighted by molar-refractivity contribution is -0.137. The van der Waals surface area contributed by atoms with Crippen molar-refractivity contribution in [2.24, 2.45) is 5.73 Å². The van der Waals surface area contributed by atoms with Gasteiger partial charge < -0.3 is 15.7 Å². The van der Waals surface area contributed by atoms with E-state index < -0.39 is 5.97 Å². The van der Waals surface area contributed by atoms with Gasteiger partial charge >= 0.3 is 5.97 Å². The van der Waals surface area contributed by atoms with Gasteiger partial charge in [-0.25, -0.2) is 0 Å². The molecule has 1 atom stereocenters. The summed E-state index contributed by atoms with van der Waals surface area (Å²) in [6.07, 6.45) is 1.63. The van der Waals surface area contributed by atoms with E-state index in [4.69, 9.17) is 10.8 Å². The topological polar surface area (TPSA) is 83.6 Å². The van der Waals surface area contributed by atoms with Crippen molar-refractivity contribution < 1.29 is 14.7 Å². The Morgan fingerprint density at radius 2 is 2.21 bits per heavy atom. The molecule has 0 saturated carbocycles. The van der Waals surface area contributed by atoms with Crippen LogP contribution in [0.5, 0.6) is 0 Å². The summed E-state index contributed by atoms with van der Waals surface area (Å²) in [5, 5.41) is 8.72. The summed E-state index contributed by atoms with van der Waals surface area (Å²) < 4.78 is 0. The normalized spacial score (nSPS) is 16.1. The van der Waals surface area contributed by atoms with Gasteiger partial charge in [-0.15, -0.1) is 0 Å². The van der Waals surface area contributed by atoms with Gasteiger partial charge in [-0.2, -0.15) is 0 Å². The van der Waals surface area contributed by atoms with E-state index in [-0.39, 0.29) is 18.4 Å². The minimum absolute atomic E-state index is 0.0303. The number of nitrogens with two attached hydrogens (primary N) is 1. The van der Waals surface area contributed by atoms with E-state index >= 15 is 0 Å². The Bertz CT molecular complexity index is 513. The van der Waals surface area contributed by atoms with Gasteiger partial charge in [-0.3, -0.25) is 9.59 Å². The molecule has 0 aliphatic carbocycles. The average molecular weight is 262 g/mol. The van der Waals surface area contributed by atoms with Gasteiger partial charge in [0, 0.05) is 25.9 Å². The van der Waals surface area contributed by atoms with Crippen LogP contribution in [0.25, 0.3) is 0 Å². The third-order valence-corrected chi connectivity index (χ3v) is 3.54. The van der Waals surface area contributed by atoms with E-state index in [9.17, 15) is 9.59 Å². The number of aryl methyl sites for hydroxylation is 1. The van der Waals surface area contributed by atoms with Gasteiger partial charge in [0.25, 0.3) is 0 Å². The average Bonchev–Trinajstić information content (AvgIpc) is 2.39. The third-order valence-electron chi connectivity index (χ3n) is 3.54. The molecule has 0 spiro atoms. The summed E-state index contributed by atoms with van der Waals surface area (Å²) in [5.41, 5.74) is 8.89. The van der Waals surface area contributed by atoms with Crippen LogP contribution in [0, 0.1) is 0 Å². The molecule has 0 radical (unpaired) electrons. The zero-order valence-electron chi connectivity index (χ0n) is 10.9. The van der Waals surface area contributed by atoms with Crippen LogP contribution >= 0.6 is 0 Å². The molecule has 0 saturated heterocycles. The first kappa shape index (κ1) is 13.5. The molecule has 1 aliphatic heterocycles. The summed E-state index contributed by atoms with van der Waals surface area (Å²) in [6.45, 7) is 0. The van der Waals surface area contributed by atoms with Gasteiger partial charge in [0.15, 0.2) is 0 Å². The highest BCUT2D eigenvalue weighted by Gasteiger charge is 2.25. The summed E-state index contributed by atoms with van der Waals surface area (Å²) in [4.78, 5) is 24.0. The van der Waals surface area contributed by atoms with Crippen LogP contribution < -0.4 is 10.6 Å². The minimum Gasteiger partial charge on any atom is -0.481 e. The molecule has 19 heavy (non-hydrogen) atoms. The maximum atomic E-state index is 11.8. The third kappa shape index (κ3) is 2.76. The van der Waals surface area contributed by atoms with Gasteiger partial charge in [-0.1, -0.05) is 18.2 Å². The number of hydrogen-bond acceptors (Lipinski definition) is 3. The number of para-hydroxylation sites is 1. The summed E-state index contributed by atoms with van der Waals surface area (Å²) in [6, 6.07) is 5.42. The summed E-state index contributed by atoms with van der Waals surface area (Å²) in [5.74, 6) is -0.782. The number of carboxylic acids is 1. The molecule has 2 rings (SSSR count). The maximum Gasteiger partial charge on any atom is 0.303 e. The number of rotatable bonds is 4. The number of carboxylic acid groups (broad SMARTS) is 1. The van der Waals surface area contributed by atoms with Crippen molar-refractivity contribution in [3.63, 3.8) is 0 Å². The molecule has 5 nitrogen and oxygen atoms in total. The molecule has 1 aromatic rings. The molecular formula is C14H18N2O3. The Hall–Kier alpha value is -1.88. The Balaban J connectivity index is 2.31. The van der Waals surface area contributed by atoms with Crippen LogP contribution in [0.4, 0.5) is 5.69 Å². The van der Waals surface area contributed by atoms with E-state index in [0.717, 1.165) is 23.2 Å². The first-order valence-electron chi connectivity index (χ1n) is 6.36. The van der Waals surface area contributed by atoms with Crippen molar-refractivity contribution in [2.45, 2.75) is 31.7 Å². The van der Waals surface area contributed by atoms with Crippen LogP contribution in [0.3, 0.4) is 0 Å².